The molecule has 2 aromatic rings. The molecule has 0 heterocycles. The van der Waals surface area contributed by atoms with E-state index in [0.717, 1.165) is 16.6 Å². The highest BCUT2D eigenvalue weighted by Crippen LogP contribution is 2.25. The first-order chi connectivity index (χ1) is 9.06. The Morgan fingerprint density at radius 2 is 1.74 bits per heavy atom. The Morgan fingerprint density at radius 3 is 2.37 bits per heavy atom. The van der Waals surface area contributed by atoms with Crippen molar-refractivity contribution in [2.75, 3.05) is 0 Å². The lowest BCUT2D eigenvalue weighted by molar-refractivity contribution is 0.575. The normalized spacial score (nSPS) is 12.4. The van der Waals surface area contributed by atoms with Gasteiger partial charge >= 0.3 is 0 Å². The molecule has 0 spiro atoms. The van der Waals surface area contributed by atoms with Crippen LogP contribution in [0.15, 0.2) is 46.9 Å². The van der Waals surface area contributed by atoms with E-state index in [1.54, 1.807) is 0 Å². The number of halogens is 3. The van der Waals surface area contributed by atoms with Crippen LogP contribution in [0.3, 0.4) is 0 Å². The van der Waals surface area contributed by atoms with Gasteiger partial charge in [-0.2, -0.15) is 0 Å². The summed E-state index contributed by atoms with van der Waals surface area (Å²) in [5.74, 6) is 0. The van der Waals surface area contributed by atoms with Crippen LogP contribution in [-0.4, -0.2) is 0 Å². The second-order valence-electron chi connectivity index (χ2n) is 4.40. The van der Waals surface area contributed by atoms with Gasteiger partial charge in [0.2, 0.25) is 0 Å². The van der Waals surface area contributed by atoms with Gasteiger partial charge < -0.3 is 5.32 Å². The summed E-state index contributed by atoms with van der Waals surface area (Å²) in [6, 6.07) is 14.2. The standard InChI is InChI=1S/C15H14BrCl2N/c1-10(12-4-7-14(17)15(18)8-12)19-9-11-2-5-13(16)6-3-11/h2-8,10,19H,9H2,1H3. The number of benzene rings is 2. The van der Waals surface area contributed by atoms with Crippen LogP contribution < -0.4 is 5.32 Å². The molecule has 1 atom stereocenters. The van der Waals surface area contributed by atoms with E-state index < -0.39 is 0 Å². The summed E-state index contributed by atoms with van der Waals surface area (Å²) in [7, 11) is 0. The first-order valence-electron chi connectivity index (χ1n) is 5.99. The summed E-state index contributed by atoms with van der Waals surface area (Å²) in [5, 5.41) is 4.65. The predicted molar refractivity (Wildman–Crippen MR) is 85.9 cm³/mol. The van der Waals surface area contributed by atoms with Gasteiger partial charge in [0.15, 0.2) is 0 Å². The molecular weight excluding hydrogens is 345 g/mol. The van der Waals surface area contributed by atoms with E-state index in [4.69, 9.17) is 23.2 Å². The van der Waals surface area contributed by atoms with E-state index in [0.29, 0.717) is 10.0 Å². The highest BCUT2D eigenvalue weighted by Gasteiger charge is 2.07. The lowest BCUT2D eigenvalue weighted by Gasteiger charge is -2.15. The minimum Gasteiger partial charge on any atom is -0.306 e. The Hall–Kier alpha value is -0.540. The predicted octanol–water partition coefficient (Wildman–Crippen LogP) is 5.61. The molecule has 100 valence electrons. The van der Waals surface area contributed by atoms with E-state index in [1.165, 1.54) is 5.56 Å². The van der Waals surface area contributed by atoms with Crippen LogP contribution in [0.4, 0.5) is 0 Å². The number of rotatable bonds is 4. The zero-order valence-electron chi connectivity index (χ0n) is 10.5. The Labute approximate surface area is 132 Å². The minimum atomic E-state index is 0.221. The van der Waals surface area contributed by atoms with Crippen molar-refractivity contribution in [2.45, 2.75) is 19.5 Å². The van der Waals surface area contributed by atoms with Crippen LogP contribution >= 0.6 is 39.1 Å². The molecule has 0 aliphatic rings. The van der Waals surface area contributed by atoms with Crippen molar-refractivity contribution in [3.8, 4) is 0 Å². The molecule has 2 aromatic carbocycles. The summed E-state index contributed by atoms with van der Waals surface area (Å²) in [4.78, 5) is 0. The van der Waals surface area contributed by atoms with Crippen LogP contribution in [-0.2, 0) is 6.54 Å². The molecule has 0 saturated carbocycles. The molecule has 1 N–H and O–H groups in total. The van der Waals surface area contributed by atoms with Crippen LogP contribution in [0.25, 0.3) is 0 Å². The summed E-state index contributed by atoms with van der Waals surface area (Å²) >= 11 is 15.4. The van der Waals surface area contributed by atoms with E-state index in [9.17, 15) is 0 Å². The molecule has 0 aliphatic heterocycles. The summed E-state index contributed by atoms with van der Waals surface area (Å²) in [6.45, 7) is 2.92. The van der Waals surface area contributed by atoms with Gasteiger partial charge in [0.25, 0.3) is 0 Å². The third-order valence-corrected chi connectivity index (χ3v) is 4.24. The Kier molecular flexibility index (Phi) is 5.28. The topological polar surface area (TPSA) is 12.0 Å². The van der Waals surface area contributed by atoms with E-state index in [-0.39, 0.29) is 6.04 Å². The molecule has 19 heavy (non-hydrogen) atoms. The molecule has 0 radical (unpaired) electrons. The second kappa shape index (κ2) is 6.76. The summed E-state index contributed by atoms with van der Waals surface area (Å²) < 4.78 is 1.09. The molecule has 0 fully saturated rings. The fraction of sp³-hybridized carbons (Fsp3) is 0.200. The molecule has 0 amide bonds. The van der Waals surface area contributed by atoms with Crippen molar-refractivity contribution in [1.82, 2.24) is 5.32 Å². The zero-order chi connectivity index (χ0) is 13.8. The average Bonchev–Trinajstić information content (AvgIpc) is 2.41. The maximum Gasteiger partial charge on any atom is 0.0595 e. The smallest absolute Gasteiger partial charge is 0.0595 e. The van der Waals surface area contributed by atoms with E-state index >= 15 is 0 Å². The van der Waals surface area contributed by atoms with Crippen LogP contribution in [0.2, 0.25) is 10.0 Å². The Morgan fingerprint density at radius 1 is 1.05 bits per heavy atom. The largest absolute Gasteiger partial charge is 0.306 e. The minimum absolute atomic E-state index is 0.221. The van der Waals surface area contributed by atoms with Gasteiger partial charge in [0.1, 0.15) is 0 Å². The van der Waals surface area contributed by atoms with Crippen molar-refractivity contribution in [3.05, 3.63) is 68.1 Å². The van der Waals surface area contributed by atoms with Gasteiger partial charge in [-0.1, -0.05) is 57.3 Å². The van der Waals surface area contributed by atoms with Crippen molar-refractivity contribution in [2.24, 2.45) is 0 Å². The molecule has 0 aromatic heterocycles. The molecule has 0 aliphatic carbocycles. The van der Waals surface area contributed by atoms with E-state index in [1.807, 2.05) is 30.3 Å². The monoisotopic (exact) mass is 357 g/mol. The Balaban J connectivity index is 1.98. The number of hydrogen-bond acceptors (Lipinski definition) is 1. The summed E-state index contributed by atoms with van der Waals surface area (Å²) in [6.07, 6.45) is 0. The lowest BCUT2D eigenvalue weighted by Crippen LogP contribution is -2.18. The van der Waals surface area contributed by atoms with Crippen molar-refractivity contribution < 1.29 is 0 Å². The number of hydrogen-bond donors (Lipinski definition) is 1. The fourth-order valence-electron chi connectivity index (χ4n) is 1.77. The molecular formula is C15H14BrCl2N. The van der Waals surface area contributed by atoms with E-state index in [2.05, 4.69) is 40.3 Å². The molecule has 2 rings (SSSR count). The first kappa shape index (κ1) is 14.9. The first-order valence-corrected chi connectivity index (χ1v) is 7.54. The third-order valence-electron chi connectivity index (χ3n) is 2.97. The highest BCUT2D eigenvalue weighted by atomic mass is 79.9. The van der Waals surface area contributed by atoms with Gasteiger partial charge in [-0.25, -0.2) is 0 Å². The maximum atomic E-state index is 6.03. The quantitative estimate of drug-likeness (QED) is 0.749. The van der Waals surface area contributed by atoms with Crippen LogP contribution in [0.5, 0.6) is 0 Å². The Bertz CT molecular complexity index is 555. The highest BCUT2D eigenvalue weighted by molar-refractivity contribution is 9.10. The van der Waals surface area contributed by atoms with Crippen molar-refractivity contribution >= 4 is 39.1 Å². The molecule has 0 bridgehead atoms. The van der Waals surface area contributed by atoms with Crippen LogP contribution in [0.1, 0.15) is 24.1 Å². The van der Waals surface area contributed by atoms with Gasteiger partial charge in [-0.05, 0) is 42.3 Å². The summed E-state index contributed by atoms with van der Waals surface area (Å²) in [5.41, 5.74) is 2.38. The molecule has 1 unspecified atom stereocenters. The maximum absolute atomic E-state index is 6.03. The zero-order valence-corrected chi connectivity index (χ0v) is 13.6. The lowest BCUT2D eigenvalue weighted by atomic mass is 10.1. The van der Waals surface area contributed by atoms with Crippen LogP contribution in [0, 0.1) is 0 Å². The van der Waals surface area contributed by atoms with Gasteiger partial charge in [0, 0.05) is 17.1 Å². The van der Waals surface area contributed by atoms with Gasteiger partial charge in [0.05, 0.1) is 10.0 Å². The molecule has 0 saturated heterocycles. The van der Waals surface area contributed by atoms with Crippen molar-refractivity contribution in [3.63, 3.8) is 0 Å². The van der Waals surface area contributed by atoms with Crippen molar-refractivity contribution in [1.29, 1.82) is 0 Å². The van der Waals surface area contributed by atoms with Gasteiger partial charge in [-0.15, -0.1) is 0 Å². The molecule has 4 heteroatoms. The SMILES string of the molecule is CC(NCc1ccc(Br)cc1)c1ccc(Cl)c(Cl)c1. The third kappa shape index (κ3) is 4.22. The fourth-order valence-corrected chi connectivity index (χ4v) is 2.34. The average molecular weight is 359 g/mol. The van der Waals surface area contributed by atoms with Gasteiger partial charge in [-0.3, -0.25) is 0 Å². The second-order valence-corrected chi connectivity index (χ2v) is 6.13. The molecule has 1 nitrogen and oxygen atoms in total. The number of nitrogens with one attached hydrogen (secondary N) is 1.